The van der Waals surface area contributed by atoms with E-state index in [1.54, 1.807) is 31.4 Å². The van der Waals surface area contributed by atoms with Gasteiger partial charge in [-0.05, 0) is 67.9 Å². The minimum atomic E-state index is -0.835. The largest absolute Gasteiger partial charge is 0.468 e. The summed E-state index contributed by atoms with van der Waals surface area (Å²) in [7, 11) is 1.56. The molecular weight excluding hydrogens is 394 g/mol. The summed E-state index contributed by atoms with van der Waals surface area (Å²) >= 11 is 0. The molecule has 1 saturated carbocycles. The molecule has 2 N–H and O–H groups in total. The fourth-order valence-corrected chi connectivity index (χ4v) is 3.87. The van der Waals surface area contributed by atoms with Crippen molar-refractivity contribution >= 4 is 5.91 Å². The number of hydrogen-bond donors (Lipinski definition) is 2. The fourth-order valence-electron chi connectivity index (χ4n) is 3.87. The van der Waals surface area contributed by atoms with Crippen LogP contribution in [0.4, 0.5) is 0 Å². The Labute approximate surface area is 184 Å². The molecule has 2 aromatic rings. The van der Waals surface area contributed by atoms with Crippen molar-refractivity contribution in [2.24, 2.45) is 5.92 Å². The van der Waals surface area contributed by atoms with Gasteiger partial charge < -0.3 is 24.6 Å². The highest BCUT2D eigenvalue weighted by atomic mass is 16.7. The highest BCUT2D eigenvalue weighted by Gasteiger charge is 2.33. The molecule has 2 aromatic carbocycles. The predicted molar refractivity (Wildman–Crippen MR) is 119 cm³/mol. The zero-order valence-corrected chi connectivity index (χ0v) is 18.2. The maximum atomic E-state index is 12.4. The highest BCUT2D eigenvalue weighted by Crippen LogP contribution is 2.33. The van der Waals surface area contributed by atoms with Crippen LogP contribution in [0.2, 0.25) is 0 Å². The van der Waals surface area contributed by atoms with Gasteiger partial charge in [-0.25, -0.2) is 0 Å². The van der Waals surface area contributed by atoms with Crippen molar-refractivity contribution in [1.82, 2.24) is 5.32 Å². The second kappa shape index (κ2) is 11.8. The van der Waals surface area contributed by atoms with Gasteiger partial charge in [-0.3, -0.25) is 4.79 Å². The maximum absolute atomic E-state index is 12.4. The van der Waals surface area contributed by atoms with Gasteiger partial charge in [0.05, 0.1) is 12.2 Å². The van der Waals surface area contributed by atoms with Crippen molar-refractivity contribution in [3.8, 4) is 5.75 Å². The quantitative estimate of drug-likeness (QED) is 0.420. The lowest BCUT2D eigenvalue weighted by molar-refractivity contribution is -0.0127. The fraction of sp³-hybridized carbons (Fsp3) is 0.480. The molecule has 31 heavy (non-hydrogen) atoms. The van der Waals surface area contributed by atoms with Crippen LogP contribution in [0.1, 0.15) is 48.0 Å². The van der Waals surface area contributed by atoms with Crippen LogP contribution >= 0.6 is 0 Å². The molecule has 0 heterocycles. The first-order chi connectivity index (χ1) is 15.1. The average Bonchev–Trinajstić information content (AvgIpc) is 2.81. The van der Waals surface area contributed by atoms with Crippen molar-refractivity contribution in [2.45, 2.75) is 44.3 Å². The number of carbonyl (C=O) groups is 1. The Morgan fingerprint density at radius 1 is 1.10 bits per heavy atom. The summed E-state index contributed by atoms with van der Waals surface area (Å²) in [6.45, 7) is 1.81. The Morgan fingerprint density at radius 3 is 2.48 bits per heavy atom. The number of aliphatic hydroxyl groups is 1. The highest BCUT2D eigenvalue weighted by molar-refractivity contribution is 5.94. The van der Waals surface area contributed by atoms with Crippen molar-refractivity contribution < 1.29 is 24.1 Å². The van der Waals surface area contributed by atoms with E-state index < -0.39 is 5.60 Å². The molecule has 0 aromatic heterocycles. The summed E-state index contributed by atoms with van der Waals surface area (Å²) in [5, 5.41) is 13.7. The molecule has 0 atom stereocenters. The topological polar surface area (TPSA) is 77.0 Å². The van der Waals surface area contributed by atoms with Gasteiger partial charge in [0.15, 0.2) is 6.79 Å². The monoisotopic (exact) mass is 427 g/mol. The van der Waals surface area contributed by atoms with Crippen LogP contribution < -0.4 is 10.1 Å². The summed E-state index contributed by atoms with van der Waals surface area (Å²) in [5.74, 6) is 1.01. The number of rotatable bonds is 11. The average molecular weight is 428 g/mol. The minimum absolute atomic E-state index is 0.165. The molecule has 1 fully saturated rings. The number of methoxy groups -OCH3 is 1. The number of hydrogen-bond acceptors (Lipinski definition) is 5. The van der Waals surface area contributed by atoms with E-state index in [4.69, 9.17) is 14.2 Å². The van der Waals surface area contributed by atoms with E-state index in [1.807, 2.05) is 18.2 Å². The molecule has 0 bridgehead atoms. The van der Waals surface area contributed by atoms with Crippen LogP contribution in [0, 0.1) is 5.92 Å². The van der Waals surface area contributed by atoms with E-state index in [9.17, 15) is 9.90 Å². The van der Waals surface area contributed by atoms with E-state index in [1.165, 1.54) is 5.56 Å². The normalized spacial score (nSPS) is 20.9. The molecule has 0 aliphatic heterocycles. The van der Waals surface area contributed by atoms with Crippen molar-refractivity contribution in [2.75, 3.05) is 27.1 Å². The molecule has 6 nitrogen and oxygen atoms in total. The lowest BCUT2D eigenvalue weighted by atomic mass is 9.77. The van der Waals surface area contributed by atoms with Gasteiger partial charge in [0.25, 0.3) is 5.91 Å². The van der Waals surface area contributed by atoms with Gasteiger partial charge in [-0.2, -0.15) is 0 Å². The molecule has 0 radical (unpaired) electrons. The predicted octanol–water partition coefficient (Wildman–Crippen LogP) is 3.93. The maximum Gasteiger partial charge on any atom is 0.251 e. The van der Waals surface area contributed by atoms with Crippen LogP contribution in [0.3, 0.4) is 0 Å². The Bertz CT molecular complexity index is 785. The van der Waals surface area contributed by atoms with Gasteiger partial charge in [0.2, 0.25) is 0 Å². The Balaban J connectivity index is 1.34. The lowest BCUT2D eigenvalue weighted by Crippen LogP contribution is -2.45. The second-order valence-corrected chi connectivity index (χ2v) is 8.25. The lowest BCUT2D eigenvalue weighted by Gasteiger charge is -2.36. The van der Waals surface area contributed by atoms with Crippen LogP contribution in [0.5, 0.6) is 5.75 Å². The first kappa shape index (κ1) is 23.3. The van der Waals surface area contributed by atoms with Crippen molar-refractivity contribution in [3.05, 3.63) is 65.7 Å². The minimum Gasteiger partial charge on any atom is -0.468 e. The van der Waals surface area contributed by atoms with Crippen LogP contribution in [0.25, 0.3) is 0 Å². The Hall–Kier alpha value is -2.41. The molecule has 1 aliphatic rings. The van der Waals surface area contributed by atoms with Crippen molar-refractivity contribution in [1.29, 1.82) is 0 Å². The SMILES string of the molecule is COCOc1ccc(C(=O)NC[C@]2(O)CC[C@@H](CCOCc3ccccc3)CC2)cc1. The Kier molecular flexibility index (Phi) is 8.88. The van der Waals surface area contributed by atoms with Gasteiger partial charge in [0, 0.05) is 25.8 Å². The summed E-state index contributed by atoms with van der Waals surface area (Å²) < 4.78 is 16.0. The molecule has 0 unspecified atom stereocenters. The van der Waals surface area contributed by atoms with Gasteiger partial charge in [-0.15, -0.1) is 0 Å². The summed E-state index contributed by atoms with van der Waals surface area (Å²) in [5.41, 5.74) is 0.893. The summed E-state index contributed by atoms with van der Waals surface area (Å²) in [4.78, 5) is 12.4. The van der Waals surface area contributed by atoms with Gasteiger partial charge in [-0.1, -0.05) is 30.3 Å². The summed E-state index contributed by atoms with van der Waals surface area (Å²) in [6.07, 6.45) is 4.30. The number of nitrogens with one attached hydrogen (secondary N) is 1. The van der Waals surface area contributed by atoms with Gasteiger partial charge in [0.1, 0.15) is 5.75 Å². The molecule has 1 aliphatic carbocycles. The van der Waals surface area contributed by atoms with Crippen LogP contribution in [-0.4, -0.2) is 43.7 Å². The summed E-state index contributed by atoms with van der Waals surface area (Å²) in [6, 6.07) is 17.0. The van der Waals surface area contributed by atoms with Crippen LogP contribution in [0.15, 0.2) is 54.6 Å². The zero-order chi connectivity index (χ0) is 21.9. The molecule has 3 rings (SSSR count). The third-order valence-electron chi connectivity index (χ3n) is 5.86. The zero-order valence-electron chi connectivity index (χ0n) is 18.2. The number of carbonyl (C=O) groups excluding carboxylic acids is 1. The van der Waals surface area contributed by atoms with Gasteiger partial charge >= 0.3 is 0 Å². The van der Waals surface area contributed by atoms with E-state index >= 15 is 0 Å². The molecule has 168 valence electrons. The molecule has 0 saturated heterocycles. The smallest absolute Gasteiger partial charge is 0.251 e. The Morgan fingerprint density at radius 2 is 1.81 bits per heavy atom. The van der Waals surface area contributed by atoms with E-state index in [2.05, 4.69) is 17.4 Å². The number of amides is 1. The van der Waals surface area contributed by atoms with E-state index in [0.29, 0.717) is 36.7 Å². The first-order valence-corrected chi connectivity index (χ1v) is 10.9. The molecule has 0 spiro atoms. The number of ether oxygens (including phenoxy) is 3. The molecule has 6 heteroatoms. The third kappa shape index (κ3) is 7.65. The van der Waals surface area contributed by atoms with Crippen LogP contribution in [-0.2, 0) is 16.1 Å². The second-order valence-electron chi connectivity index (χ2n) is 8.25. The number of benzene rings is 2. The van der Waals surface area contributed by atoms with Crippen molar-refractivity contribution in [3.63, 3.8) is 0 Å². The van der Waals surface area contributed by atoms with E-state index in [0.717, 1.165) is 25.9 Å². The molecule has 1 amide bonds. The molecular formula is C25H33NO5. The van der Waals surface area contributed by atoms with E-state index in [-0.39, 0.29) is 19.2 Å². The first-order valence-electron chi connectivity index (χ1n) is 10.9. The third-order valence-corrected chi connectivity index (χ3v) is 5.86. The standard InChI is InChI=1S/C25H33NO5/c1-29-19-31-23-9-7-22(8-10-23)24(27)26-18-25(28)14-11-20(12-15-25)13-16-30-17-21-5-3-2-4-6-21/h2-10,20,28H,11-19H2,1H3,(H,26,27)/t20-,25+.